The number of fused-ring (bicyclic) bond motifs is 2. The minimum Gasteiger partial charge on any atom is -0.326 e. The Hall–Kier alpha value is -2.82. The van der Waals surface area contributed by atoms with Crippen molar-refractivity contribution in [3.63, 3.8) is 0 Å². The van der Waals surface area contributed by atoms with Crippen molar-refractivity contribution in [1.29, 1.82) is 0 Å². The van der Waals surface area contributed by atoms with Gasteiger partial charge in [-0.1, -0.05) is 38.1 Å². The van der Waals surface area contributed by atoms with Gasteiger partial charge in [0.25, 0.3) is 0 Å². The average Bonchev–Trinajstić information content (AvgIpc) is 3.15. The number of hydrogen-bond acceptors (Lipinski definition) is 2. The van der Waals surface area contributed by atoms with Crippen molar-refractivity contribution >= 4 is 22.1 Å². The van der Waals surface area contributed by atoms with E-state index in [4.69, 9.17) is 4.98 Å². The van der Waals surface area contributed by atoms with Crippen molar-refractivity contribution in [1.82, 2.24) is 18.7 Å². The first-order valence-electron chi connectivity index (χ1n) is 9.72. The van der Waals surface area contributed by atoms with E-state index in [1.54, 1.807) is 0 Å². The van der Waals surface area contributed by atoms with Gasteiger partial charge in [0.1, 0.15) is 5.82 Å². The Labute approximate surface area is 158 Å². The van der Waals surface area contributed by atoms with Crippen molar-refractivity contribution in [3.8, 4) is 0 Å². The minimum atomic E-state index is 0.0289. The van der Waals surface area contributed by atoms with E-state index in [1.165, 1.54) is 0 Å². The van der Waals surface area contributed by atoms with E-state index in [9.17, 15) is 4.79 Å². The fourth-order valence-electron chi connectivity index (χ4n) is 3.76. The highest BCUT2D eigenvalue weighted by Gasteiger charge is 2.16. The Morgan fingerprint density at radius 3 is 2.19 bits per heavy atom. The molecule has 0 saturated heterocycles. The Morgan fingerprint density at radius 2 is 1.52 bits per heavy atom. The summed E-state index contributed by atoms with van der Waals surface area (Å²) in [6.07, 6.45) is 1.08. The lowest BCUT2D eigenvalue weighted by atomic mass is 10.1. The van der Waals surface area contributed by atoms with E-state index in [2.05, 4.69) is 30.5 Å². The van der Waals surface area contributed by atoms with E-state index in [1.807, 2.05) is 52.5 Å². The van der Waals surface area contributed by atoms with Gasteiger partial charge in [0.05, 0.1) is 28.6 Å². The Morgan fingerprint density at radius 1 is 0.889 bits per heavy atom. The highest BCUT2D eigenvalue weighted by Crippen LogP contribution is 2.20. The van der Waals surface area contributed by atoms with Crippen LogP contribution in [0.2, 0.25) is 0 Å². The van der Waals surface area contributed by atoms with Gasteiger partial charge in [-0.05, 0) is 43.5 Å². The first-order chi connectivity index (χ1) is 13.1. The number of imidazole rings is 2. The van der Waals surface area contributed by atoms with E-state index in [0.29, 0.717) is 19.0 Å². The van der Waals surface area contributed by atoms with E-state index < -0.39 is 0 Å². The minimum absolute atomic E-state index is 0.0289. The van der Waals surface area contributed by atoms with Crippen LogP contribution in [0.15, 0.2) is 53.3 Å². The first kappa shape index (κ1) is 17.6. The molecule has 0 aliphatic rings. The number of aryl methyl sites for hydroxylation is 2. The van der Waals surface area contributed by atoms with Gasteiger partial charge >= 0.3 is 5.69 Å². The molecule has 0 N–H and O–H groups in total. The lowest BCUT2D eigenvalue weighted by molar-refractivity contribution is 0.506. The molecule has 140 valence electrons. The van der Waals surface area contributed by atoms with Gasteiger partial charge in [0.2, 0.25) is 0 Å². The predicted molar refractivity (Wildman–Crippen MR) is 110 cm³/mol. The van der Waals surface area contributed by atoms with Crippen LogP contribution in [0.3, 0.4) is 0 Å². The molecule has 5 heteroatoms. The summed E-state index contributed by atoms with van der Waals surface area (Å²) >= 11 is 0. The third-order valence-electron chi connectivity index (χ3n) is 5.20. The second-order valence-electron chi connectivity index (χ2n) is 7.45. The van der Waals surface area contributed by atoms with Gasteiger partial charge in [-0.25, -0.2) is 9.78 Å². The van der Waals surface area contributed by atoms with E-state index >= 15 is 0 Å². The molecular weight excluding hydrogens is 336 g/mol. The molecule has 0 bridgehead atoms. The van der Waals surface area contributed by atoms with Gasteiger partial charge in [-0.2, -0.15) is 0 Å². The zero-order chi connectivity index (χ0) is 19.0. The summed E-state index contributed by atoms with van der Waals surface area (Å²) in [4.78, 5) is 17.9. The Bertz CT molecular complexity index is 1150. The summed E-state index contributed by atoms with van der Waals surface area (Å²) < 4.78 is 5.96. The third-order valence-corrected chi connectivity index (χ3v) is 5.20. The number of benzene rings is 2. The predicted octanol–water partition coefficient (Wildman–Crippen LogP) is 4.27. The first-order valence-corrected chi connectivity index (χ1v) is 9.72. The smallest absolute Gasteiger partial charge is 0.326 e. The van der Waals surface area contributed by atoms with Crippen LogP contribution in [0.1, 0.15) is 33.0 Å². The van der Waals surface area contributed by atoms with Gasteiger partial charge in [0.15, 0.2) is 0 Å². The standard InChI is InChI=1S/C22H26N4O/c1-4-24-19-11-7-8-12-20(19)26(22(24)27)15-21-23-17-9-5-6-10-18(17)25(21)14-13-16(2)3/h5-12,16H,4,13-15H2,1-3H3. The normalized spacial score (nSPS) is 11.9. The largest absolute Gasteiger partial charge is 0.329 e. The monoisotopic (exact) mass is 362 g/mol. The van der Waals surface area contributed by atoms with Crippen LogP contribution < -0.4 is 5.69 Å². The molecule has 2 aromatic carbocycles. The number of para-hydroxylation sites is 4. The summed E-state index contributed by atoms with van der Waals surface area (Å²) in [6.45, 7) is 8.54. The zero-order valence-electron chi connectivity index (χ0n) is 16.2. The molecule has 4 rings (SSSR count). The molecule has 0 saturated carbocycles. The highest BCUT2D eigenvalue weighted by atomic mass is 16.1. The summed E-state index contributed by atoms with van der Waals surface area (Å²) in [5.41, 5.74) is 4.10. The molecule has 4 aromatic rings. The molecule has 0 unspecified atom stereocenters. The Kier molecular flexibility index (Phi) is 4.60. The molecule has 5 nitrogen and oxygen atoms in total. The fraction of sp³-hybridized carbons (Fsp3) is 0.364. The molecule has 0 atom stereocenters. The maximum atomic E-state index is 13.0. The SMILES string of the molecule is CCn1c(=O)n(Cc2nc3ccccc3n2CCC(C)C)c2ccccc21. The zero-order valence-corrected chi connectivity index (χ0v) is 16.2. The quantitative estimate of drug-likeness (QED) is 0.514. The summed E-state index contributed by atoms with van der Waals surface area (Å²) in [6, 6.07) is 16.2. The van der Waals surface area contributed by atoms with Crippen LogP contribution in [0.5, 0.6) is 0 Å². The number of aromatic nitrogens is 4. The Balaban J connectivity index is 1.85. The van der Waals surface area contributed by atoms with Gasteiger partial charge in [0, 0.05) is 13.1 Å². The lowest BCUT2D eigenvalue weighted by Crippen LogP contribution is -2.25. The molecule has 0 radical (unpaired) electrons. The van der Waals surface area contributed by atoms with Crippen LogP contribution in [-0.4, -0.2) is 18.7 Å². The number of nitrogens with zero attached hydrogens (tertiary/aromatic N) is 4. The van der Waals surface area contributed by atoms with Gasteiger partial charge < -0.3 is 4.57 Å². The van der Waals surface area contributed by atoms with Crippen molar-refractivity contribution < 1.29 is 0 Å². The molecule has 2 aromatic heterocycles. The van der Waals surface area contributed by atoms with E-state index in [-0.39, 0.29) is 5.69 Å². The topological polar surface area (TPSA) is 44.8 Å². The molecule has 27 heavy (non-hydrogen) atoms. The average molecular weight is 362 g/mol. The second kappa shape index (κ2) is 7.06. The molecule has 0 fully saturated rings. The number of rotatable bonds is 6. The van der Waals surface area contributed by atoms with Crippen molar-refractivity contribution in [2.45, 2.75) is 46.8 Å². The third kappa shape index (κ3) is 3.07. The molecule has 2 heterocycles. The maximum absolute atomic E-state index is 13.0. The van der Waals surface area contributed by atoms with Crippen molar-refractivity contribution in [2.24, 2.45) is 5.92 Å². The molecular formula is C22H26N4O. The van der Waals surface area contributed by atoms with Gasteiger partial charge in [-0.3, -0.25) is 9.13 Å². The molecule has 0 amide bonds. The van der Waals surface area contributed by atoms with Crippen LogP contribution in [0.4, 0.5) is 0 Å². The van der Waals surface area contributed by atoms with Crippen molar-refractivity contribution in [3.05, 3.63) is 64.8 Å². The molecule has 0 aliphatic carbocycles. The summed E-state index contributed by atoms with van der Waals surface area (Å²) in [7, 11) is 0. The highest BCUT2D eigenvalue weighted by molar-refractivity contribution is 5.77. The van der Waals surface area contributed by atoms with Gasteiger partial charge in [-0.15, -0.1) is 0 Å². The fourth-order valence-corrected chi connectivity index (χ4v) is 3.76. The van der Waals surface area contributed by atoms with E-state index in [0.717, 1.165) is 40.9 Å². The number of hydrogen-bond donors (Lipinski definition) is 0. The van der Waals surface area contributed by atoms with Crippen molar-refractivity contribution in [2.75, 3.05) is 0 Å². The molecule has 0 spiro atoms. The molecule has 0 aliphatic heterocycles. The maximum Gasteiger partial charge on any atom is 0.329 e. The van der Waals surface area contributed by atoms with Crippen LogP contribution in [-0.2, 0) is 19.6 Å². The van der Waals surface area contributed by atoms with Crippen LogP contribution >= 0.6 is 0 Å². The van der Waals surface area contributed by atoms with Crippen LogP contribution in [0.25, 0.3) is 22.1 Å². The van der Waals surface area contributed by atoms with Crippen LogP contribution in [0, 0.1) is 5.92 Å². The second-order valence-corrected chi connectivity index (χ2v) is 7.45. The summed E-state index contributed by atoms with van der Waals surface area (Å²) in [5.74, 6) is 1.56. The summed E-state index contributed by atoms with van der Waals surface area (Å²) in [5, 5.41) is 0. The lowest BCUT2D eigenvalue weighted by Gasteiger charge is -2.11.